The molecule has 1 aromatic heterocycles. The monoisotopic (exact) mass is 284 g/mol. The lowest BCUT2D eigenvalue weighted by Crippen LogP contribution is -2.41. The van der Waals surface area contributed by atoms with Crippen molar-refractivity contribution in [2.75, 3.05) is 6.54 Å². The molecule has 0 spiro atoms. The van der Waals surface area contributed by atoms with E-state index in [2.05, 4.69) is 17.0 Å². The molecule has 1 saturated carbocycles. The molecule has 1 aromatic carbocycles. The van der Waals surface area contributed by atoms with Crippen molar-refractivity contribution in [3.05, 3.63) is 35.6 Å². The summed E-state index contributed by atoms with van der Waals surface area (Å²) in [5.74, 6) is 2.01. The minimum atomic E-state index is 0.564. The molecule has 2 heterocycles. The predicted molar refractivity (Wildman–Crippen MR) is 84.9 cm³/mol. The maximum atomic E-state index is 6.12. The largest absolute Gasteiger partial charge is 0.459 e. The van der Waals surface area contributed by atoms with Gasteiger partial charge >= 0.3 is 0 Å². The highest BCUT2D eigenvalue weighted by Crippen LogP contribution is 2.38. The fraction of sp³-hybridized carbons (Fsp3) is 0.556. The molecular formula is C18H24N2O. The molecule has 0 amide bonds. The fourth-order valence-corrected chi connectivity index (χ4v) is 4.44. The van der Waals surface area contributed by atoms with Crippen LogP contribution in [0.1, 0.15) is 43.4 Å². The number of benzene rings is 1. The summed E-state index contributed by atoms with van der Waals surface area (Å²) in [5, 5.41) is 1.19. The van der Waals surface area contributed by atoms with Gasteiger partial charge in [-0.05, 0) is 44.2 Å². The Bertz CT molecular complexity index is 633. The van der Waals surface area contributed by atoms with Gasteiger partial charge in [-0.1, -0.05) is 24.6 Å². The maximum absolute atomic E-state index is 6.12. The molecule has 1 saturated heterocycles. The van der Waals surface area contributed by atoms with Crippen LogP contribution in [0.2, 0.25) is 0 Å². The van der Waals surface area contributed by atoms with Crippen LogP contribution in [0.4, 0.5) is 0 Å². The highest BCUT2D eigenvalue weighted by molar-refractivity contribution is 5.82. The first-order valence-corrected chi connectivity index (χ1v) is 8.30. The molecule has 2 aliphatic rings. The second kappa shape index (κ2) is 5.47. The van der Waals surface area contributed by atoms with Crippen LogP contribution >= 0.6 is 0 Å². The summed E-state index contributed by atoms with van der Waals surface area (Å²) in [5.41, 5.74) is 8.17. The van der Waals surface area contributed by atoms with Crippen LogP contribution in [-0.2, 0) is 13.1 Å². The van der Waals surface area contributed by atoms with Gasteiger partial charge in [-0.15, -0.1) is 0 Å². The topological polar surface area (TPSA) is 42.4 Å². The zero-order valence-corrected chi connectivity index (χ0v) is 12.6. The van der Waals surface area contributed by atoms with E-state index in [1.54, 1.807) is 0 Å². The third-order valence-corrected chi connectivity index (χ3v) is 5.44. The zero-order valence-electron chi connectivity index (χ0n) is 12.6. The first kappa shape index (κ1) is 13.4. The lowest BCUT2D eigenvalue weighted by atomic mass is 9.92. The van der Waals surface area contributed by atoms with Gasteiger partial charge in [-0.2, -0.15) is 0 Å². The number of nitrogens with zero attached hydrogens (tertiary/aromatic N) is 1. The number of fused-ring (bicyclic) bond motifs is 2. The highest BCUT2D eigenvalue weighted by Gasteiger charge is 2.35. The van der Waals surface area contributed by atoms with Gasteiger partial charge in [0.25, 0.3) is 0 Å². The van der Waals surface area contributed by atoms with Gasteiger partial charge in [0, 0.05) is 23.5 Å². The van der Waals surface area contributed by atoms with Gasteiger partial charge in [-0.25, -0.2) is 0 Å². The van der Waals surface area contributed by atoms with Gasteiger partial charge in [0.2, 0.25) is 0 Å². The molecule has 2 aromatic rings. The average molecular weight is 284 g/mol. The Kier molecular flexibility index (Phi) is 3.48. The number of rotatable bonds is 3. The molecule has 3 nitrogen and oxygen atoms in total. The van der Waals surface area contributed by atoms with Crippen molar-refractivity contribution >= 4 is 11.0 Å². The first-order valence-electron chi connectivity index (χ1n) is 8.30. The van der Waals surface area contributed by atoms with Crippen LogP contribution in [0, 0.1) is 5.92 Å². The summed E-state index contributed by atoms with van der Waals surface area (Å²) >= 11 is 0. The van der Waals surface area contributed by atoms with Crippen LogP contribution in [0.15, 0.2) is 28.7 Å². The van der Waals surface area contributed by atoms with E-state index >= 15 is 0 Å². The van der Waals surface area contributed by atoms with E-state index in [1.807, 2.05) is 12.1 Å². The molecule has 1 aliphatic heterocycles. The zero-order chi connectivity index (χ0) is 14.2. The smallest absolute Gasteiger partial charge is 0.134 e. The van der Waals surface area contributed by atoms with Gasteiger partial charge in [-0.3, -0.25) is 4.90 Å². The average Bonchev–Trinajstić information content (AvgIpc) is 3.11. The third kappa shape index (κ3) is 2.29. The van der Waals surface area contributed by atoms with E-state index in [-0.39, 0.29) is 0 Å². The number of likely N-dealkylation sites (tertiary alicyclic amines) is 1. The molecule has 4 rings (SSSR count). The second-order valence-corrected chi connectivity index (χ2v) is 6.58. The molecular weight excluding hydrogens is 260 g/mol. The molecule has 3 heteroatoms. The van der Waals surface area contributed by atoms with Crippen molar-refractivity contribution in [2.24, 2.45) is 11.7 Å². The van der Waals surface area contributed by atoms with Crippen molar-refractivity contribution in [1.82, 2.24) is 4.90 Å². The first-order chi connectivity index (χ1) is 10.4. The van der Waals surface area contributed by atoms with Crippen LogP contribution in [-0.4, -0.2) is 17.5 Å². The molecule has 1 aliphatic carbocycles. The molecule has 112 valence electrons. The Hall–Kier alpha value is -1.32. The van der Waals surface area contributed by atoms with Crippen molar-refractivity contribution in [1.29, 1.82) is 0 Å². The summed E-state index contributed by atoms with van der Waals surface area (Å²) < 4.78 is 6.12. The van der Waals surface area contributed by atoms with Crippen LogP contribution in [0.5, 0.6) is 0 Å². The molecule has 2 fully saturated rings. The standard InChI is InChI=1S/C18H24N2O/c19-11-15-14-7-1-2-9-17(14)21-18(15)12-20-10-4-6-13-5-3-8-16(13)20/h1-2,7,9,13,16H,3-6,8,10-12,19H2. The molecule has 0 radical (unpaired) electrons. The maximum Gasteiger partial charge on any atom is 0.134 e. The van der Waals surface area contributed by atoms with Gasteiger partial charge in [0.15, 0.2) is 0 Å². The fourth-order valence-electron chi connectivity index (χ4n) is 4.44. The summed E-state index contributed by atoms with van der Waals surface area (Å²) in [6.07, 6.45) is 6.94. The SMILES string of the molecule is NCc1c(CN2CCCC3CCCC32)oc2ccccc12. The van der Waals surface area contributed by atoms with Crippen molar-refractivity contribution in [3.63, 3.8) is 0 Å². The number of furan rings is 1. The number of hydrogen-bond donors (Lipinski definition) is 1. The minimum absolute atomic E-state index is 0.564. The lowest BCUT2D eigenvalue weighted by Gasteiger charge is -2.37. The molecule has 0 bridgehead atoms. The summed E-state index contributed by atoms with van der Waals surface area (Å²) in [6.45, 7) is 2.71. The number of para-hydroxylation sites is 1. The Morgan fingerprint density at radius 1 is 1.14 bits per heavy atom. The van der Waals surface area contributed by atoms with E-state index < -0.39 is 0 Å². The van der Waals surface area contributed by atoms with Gasteiger partial charge < -0.3 is 10.2 Å². The third-order valence-electron chi connectivity index (χ3n) is 5.44. The number of nitrogens with two attached hydrogens (primary N) is 1. The Balaban J connectivity index is 1.64. The number of hydrogen-bond acceptors (Lipinski definition) is 3. The molecule has 2 atom stereocenters. The van der Waals surface area contributed by atoms with Crippen molar-refractivity contribution in [2.45, 2.75) is 51.2 Å². The van der Waals surface area contributed by atoms with E-state index in [4.69, 9.17) is 10.2 Å². The lowest BCUT2D eigenvalue weighted by molar-refractivity contribution is 0.0982. The number of piperidine rings is 1. The van der Waals surface area contributed by atoms with Crippen LogP contribution in [0.25, 0.3) is 11.0 Å². The normalized spacial score (nSPS) is 26.3. The Labute approximate surface area is 126 Å². The van der Waals surface area contributed by atoms with Crippen molar-refractivity contribution < 1.29 is 4.42 Å². The van der Waals surface area contributed by atoms with E-state index in [0.717, 1.165) is 29.8 Å². The summed E-state index contributed by atoms with van der Waals surface area (Å²) in [6, 6.07) is 9.04. The van der Waals surface area contributed by atoms with Crippen LogP contribution < -0.4 is 5.73 Å². The minimum Gasteiger partial charge on any atom is -0.459 e. The molecule has 2 N–H and O–H groups in total. The molecule has 21 heavy (non-hydrogen) atoms. The van der Waals surface area contributed by atoms with Crippen LogP contribution in [0.3, 0.4) is 0 Å². The highest BCUT2D eigenvalue weighted by atomic mass is 16.3. The van der Waals surface area contributed by atoms with Gasteiger partial charge in [0.1, 0.15) is 11.3 Å². The molecule has 2 unspecified atom stereocenters. The second-order valence-electron chi connectivity index (χ2n) is 6.58. The van der Waals surface area contributed by atoms with Gasteiger partial charge in [0.05, 0.1) is 6.54 Å². The summed E-state index contributed by atoms with van der Waals surface area (Å²) in [4.78, 5) is 2.65. The van der Waals surface area contributed by atoms with E-state index in [1.165, 1.54) is 49.6 Å². The van der Waals surface area contributed by atoms with Crippen molar-refractivity contribution in [3.8, 4) is 0 Å². The van der Waals surface area contributed by atoms with E-state index in [0.29, 0.717) is 6.54 Å². The quantitative estimate of drug-likeness (QED) is 0.935. The Morgan fingerprint density at radius 2 is 2.00 bits per heavy atom. The summed E-state index contributed by atoms with van der Waals surface area (Å²) in [7, 11) is 0. The van der Waals surface area contributed by atoms with E-state index in [9.17, 15) is 0 Å². The predicted octanol–water partition coefficient (Wildman–Crippen LogP) is 3.66. The Morgan fingerprint density at radius 3 is 2.90 bits per heavy atom.